The summed E-state index contributed by atoms with van der Waals surface area (Å²) in [6, 6.07) is -7.55. The van der Waals surface area contributed by atoms with E-state index in [-0.39, 0.29) is 25.9 Å². The molecule has 7 atom stereocenters. The molecule has 258 valence electrons. The molecular weight excluding hydrogens is 610 g/mol. The number of nitrogens with zero attached hydrogens (tertiary/aromatic N) is 2. The second-order valence-corrected chi connectivity index (χ2v) is 11.6. The molecule has 0 aliphatic carbocycles. The lowest BCUT2D eigenvalue weighted by atomic mass is 9.97. The number of carbonyl (C=O) groups is 8. The Hall–Kier alpha value is -4.32. The Kier molecular flexibility index (Phi) is 14.3. The predicted molar refractivity (Wildman–Crippen MR) is 158 cm³/mol. The molecule has 0 aromatic carbocycles. The SMILES string of the molecule is CC[C@H](C)[C@H](NC(=O)[C@H](CCC(=O)O)NC(=O)[C@@H]1CCCN1C(=O)[C@@H]1CCCN1C(=O)[C@@H](N)CO)C(=O)N[C@@H](CC(N)=O)C(=O)O. The highest BCUT2D eigenvalue weighted by atomic mass is 16.4. The lowest BCUT2D eigenvalue weighted by Crippen LogP contribution is -2.60. The van der Waals surface area contributed by atoms with Crippen LogP contribution in [0.15, 0.2) is 0 Å². The second-order valence-electron chi connectivity index (χ2n) is 11.6. The van der Waals surface area contributed by atoms with Crippen LogP contribution in [0, 0.1) is 5.92 Å². The van der Waals surface area contributed by atoms with Gasteiger partial charge in [0.25, 0.3) is 0 Å². The summed E-state index contributed by atoms with van der Waals surface area (Å²) >= 11 is 0. The van der Waals surface area contributed by atoms with Gasteiger partial charge in [-0.05, 0) is 38.0 Å². The minimum Gasteiger partial charge on any atom is -0.481 e. The zero-order chi connectivity index (χ0) is 34.7. The molecule has 0 radical (unpaired) electrons. The van der Waals surface area contributed by atoms with Crippen molar-refractivity contribution in [2.45, 2.75) is 101 Å². The molecule has 0 unspecified atom stereocenters. The molecule has 2 aliphatic heterocycles. The molecule has 18 nitrogen and oxygen atoms in total. The van der Waals surface area contributed by atoms with Crippen molar-refractivity contribution in [3.05, 3.63) is 0 Å². The van der Waals surface area contributed by atoms with E-state index in [2.05, 4.69) is 16.0 Å². The van der Waals surface area contributed by atoms with E-state index >= 15 is 0 Å². The lowest BCUT2D eigenvalue weighted by Gasteiger charge is -2.32. The maximum absolute atomic E-state index is 13.5. The first-order chi connectivity index (χ1) is 21.6. The molecule has 2 rings (SSSR count). The maximum Gasteiger partial charge on any atom is 0.326 e. The molecule has 2 saturated heterocycles. The van der Waals surface area contributed by atoms with Crippen LogP contribution in [0.5, 0.6) is 0 Å². The lowest BCUT2D eigenvalue weighted by molar-refractivity contribution is -0.147. The van der Waals surface area contributed by atoms with Crippen LogP contribution in [0.3, 0.4) is 0 Å². The summed E-state index contributed by atoms with van der Waals surface area (Å²) in [5, 5.41) is 35.1. The van der Waals surface area contributed by atoms with E-state index in [0.717, 1.165) is 0 Å². The Bertz CT molecular complexity index is 1180. The van der Waals surface area contributed by atoms with E-state index in [4.69, 9.17) is 11.5 Å². The summed E-state index contributed by atoms with van der Waals surface area (Å²) in [7, 11) is 0. The van der Waals surface area contributed by atoms with Crippen molar-refractivity contribution in [2.75, 3.05) is 19.7 Å². The second kappa shape index (κ2) is 17.4. The third kappa shape index (κ3) is 10.1. The van der Waals surface area contributed by atoms with Crippen LogP contribution < -0.4 is 27.4 Å². The van der Waals surface area contributed by atoms with Gasteiger partial charge in [-0.15, -0.1) is 0 Å². The van der Waals surface area contributed by atoms with Gasteiger partial charge in [0, 0.05) is 19.5 Å². The van der Waals surface area contributed by atoms with Crippen LogP contribution in [-0.4, -0.2) is 128 Å². The molecule has 18 heteroatoms. The van der Waals surface area contributed by atoms with Gasteiger partial charge < -0.3 is 52.5 Å². The van der Waals surface area contributed by atoms with Crippen molar-refractivity contribution in [3.8, 4) is 0 Å². The number of nitrogens with two attached hydrogens (primary N) is 2. The van der Waals surface area contributed by atoms with Gasteiger partial charge in [-0.2, -0.15) is 0 Å². The van der Waals surface area contributed by atoms with E-state index < -0.39 is 109 Å². The molecular formula is C28H45N7O11. The Morgan fingerprint density at radius 1 is 0.870 bits per heavy atom. The Labute approximate surface area is 265 Å². The number of rotatable bonds is 17. The quantitative estimate of drug-likeness (QED) is 0.0761. The number of carbonyl (C=O) groups excluding carboxylic acids is 6. The van der Waals surface area contributed by atoms with Crippen molar-refractivity contribution in [1.82, 2.24) is 25.8 Å². The van der Waals surface area contributed by atoms with Crippen molar-refractivity contribution in [2.24, 2.45) is 17.4 Å². The third-order valence-electron chi connectivity index (χ3n) is 8.27. The van der Waals surface area contributed by atoms with Crippen LogP contribution in [0.2, 0.25) is 0 Å². The first-order valence-corrected chi connectivity index (χ1v) is 15.2. The smallest absolute Gasteiger partial charge is 0.326 e. The third-order valence-corrected chi connectivity index (χ3v) is 8.27. The number of amides is 6. The summed E-state index contributed by atoms with van der Waals surface area (Å²) in [6.45, 7) is 3.16. The molecule has 0 bridgehead atoms. The number of aliphatic carboxylic acids is 2. The average Bonchev–Trinajstić information content (AvgIpc) is 3.70. The van der Waals surface area contributed by atoms with Gasteiger partial charge in [0.05, 0.1) is 13.0 Å². The fourth-order valence-electron chi connectivity index (χ4n) is 5.50. The normalized spacial score (nSPS) is 21.0. The molecule has 6 amide bonds. The highest BCUT2D eigenvalue weighted by molar-refractivity contribution is 5.97. The fraction of sp³-hybridized carbons (Fsp3) is 0.714. The maximum atomic E-state index is 13.5. The summed E-state index contributed by atoms with van der Waals surface area (Å²) in [5.41, 5.74) is 10.8. The van der Waals surface area contributed by atoms with E-state index in [1.807, 2.05) is 0 Å². The van der Waals surface area contributed by atoms with Gasteiger partial charge in [-0.1, -0.05) is 20.3 Å². The largest absolute Gasteiger partial charge is 0.481 e. The van der Waals surface area contributed by atoms with Crippen LogP contribution in [-0.2, 0) is 38.4 Å². The van der Waals surface area contributed by atoms with Crippen LogP contribution in [0.25, 0.3) is 0 Å². The van der Waals surface area contributed by atoms with Crippen molar-refractivity contribution in [3.63, 3.8) is 0 Å². The van der Waals surface area contributed by atoms with Crippen molar-refractivity contribution in [1.29, 1.82) is 0 Å². The van der Waals surface area contributed by atoms with Gasteiger partial charge >= 0.3 is 11.9 Å². The first kappa shape index (κ1) is 37.9. The topological polar surface area (TPSA) is 292 Å². The van der Waals surface area contributed by atoms with Crippen molar-refractivity contribution < 1.29 is 53.7 Å². The number of carboxylic acids is 2. The Morgan fingerprint density at radius 2 is 1.48 bits per heavy atom. The van der Waals surface area contributed by atoms with Crippen molar-refractivity contribution >= 4 is 47.4 Å². The summed E-state index contributed by atoms with van der Waals surface area (Å²) in [6.07, 6.45) is 0.274. The zero-order valence-corrected chi connectivity index (χ0v) is 26.0. The van der Waals surface area contributed by atoms with E-state index in [1.165, 1.54) is 9.80 Å². The van der Waals surface area contributed by atoms with Gasteiger partial charge in [0.15, 0.2) is 0 Å². The van der Waals surface area contributed by atoms with Gasteiger partial charge in [0.2, 0.25) is 35.4 Å². The highest BCUT2D eigenvalue weighted by Gasteiger charge is 2.43. The summed E-state index contributed by atoms with van der Waals surface area (Å²) in [5.74, 6) is -7.98. The predicted octanol–water partition coefficient (Wildman–Crippen LogP) is -3.39. The number of primary amides is 1. The van der Waals surface area contributed by atoms with Crippen LogP contribution in [0.4, 0.5) is 0 Å². The highest BCUT2D eigenvalue weighted by Crippen LogP contribution is 2.25. The van der Waals surface area contributed by atoms with Gasteiger partial charge in [0.1, 0.15) is 36.3 Å². The molecule has 0 saturated carbocycles. The zero-order valence-electron chi connectivity index (χ0n) is 26.0. The molecule has 46 heavy (non-hydrogen) atoms. The summed E-state index contributed by atoms with van der Waals surface area (Å²) in [4.78, 5) is 103. The molecule has 2 aliphatic rings. The van der Waals surface area contributed by atoms with Crippen LogP contribution in [0.1, 0.15) is 65.2 Å². The first-order valence-electron chi connectivity index (χ1n) is 15.2. The molecule has 0 spiro atoms. The minimum atomic E-state index is -1.66. The summed E-state index contributed by atoms with van der Waals surface area (Å²) < 4.78 is 0. The molecule has 2 heterocycles. The number of hydrogen-bond acceptors (Lipinski definition) is 10. The Morgan fingerprint density at radius 3 is 2.02 bits per heavy atom. The number of hydrogen-bond donors (Lipinski definition) is 8. The number of aliphatic hydroxyl groups excluding tert-OH is 1. The number of likely N-dealkylation sites (tertiary alicyclic amines) is 2. The van der Waals surface area contributed by atoms with E-state index in [1.54, 1.807) is 13.8 Å². The standard InChI is InChI=1S/C28H45N7O11/c1-3-14(2)22(25(42)32-17(28(45)46)12-20(30)37)33-23(40)16(8-9-21(38)39)31-24(41)18-6-4-10-34(18)27(44)19-7-5-11-35(19)26(43)15(29)13-36/h14-19,22,36H,3-13,29H2,1-2H3,(H2,30,37)(H,31,41)(H,32,42)(H,33,40)(H,38,39)(H,45,46)/t14-,15-,16-,17-,18-,19-,22-/m0/s1. The molecule has 2 fully saturated rings. The monoisotopic (exact) mass is 655 g/mol. The molecule has 0 aromatic rings. The molecule has 0 aromatic heterocycles. The fourth-order valence-corrected chi connectivity index (χ4v) is 5.50. The van der Waals surface area contributed by atoms with E-state index in [0.29, 0.717) is 25.7 Å². The number of nitrogens with one attached hydrogen (secondary N) is 3. The van der Waals surface area contributed by atoms with Crippen LogP contribution >= 0.6 is 0 Å². The Balaban J connectivity index is 2.23. The number of aliphatic hydroxyl groups is 1. The minimum absolute atomic E-state index is 0.194. The molecule has 10 N–H and O–H groups in total. The van der Waals surface area contributed by atoms with E-state index in [9.17, 15) is 53.7 Å². The average molecular weight is 656 g/mol. The number of carboxylic acid groups (broad SMARTS) is 2. The van der Waals surface area contributed by atoms with Gasteiger partial charge in [-0.3, -0.25) is 33.6 Å². The van der Waals surface area contributed by atoms with Gasteiger partial charge in [-0.25, -0.2) is 4.79 Å².